The Labute approximate surface area is 69.3 Å². The highest BCUT2D eigenvalue weighted by Crippen LogP contribution is 2.30. The Morgan fingerprint density at radius 3 is 2.58 bits per heavy atom. The van der Waals surface area contributed by atoms with Gasteiger partial charge in [0.1, 0.15) is 0 Å². The molecule has 4 heteroatoms. The van der Waals surface area contributed by atoms with Crippen LogP contribution in [0.3, 0.4) is 0 Å². The fraction of sp³-hybridized carbons (Fsp3) is 0. The van der Waals surface area contributed by atoms with Crippen LogP contribution in [0.5, 0.6) is 0 Å². The van der Waals surface area contributed by atoms with Gasteiger partial charge in [0.05, 0.1) is 22.6 Å². The summed E-state index contributed by atoms with van der Waals surface area (Å²) in [6, 6.07) is 3.52. The lowest BCUT2D eigenvalue weighted by atomic mass is 10.1. The van der Waals surface area contributed by atoms with E-state index in [0.717, 1.165) is 10.9 Å². The van der Waals surface area contributed by atoms with Crippen molar-refractivity contribution >= 4 is 28.0 Å². The summed E-state index contributed by atoms with van der Waals surface area (Å²) in [4.78, 5) is 3.00. The van der Waals surface area contributed by atoms with Gasteiger partial charge in [-0.2, -0.15) is 0 Å². The zero-order valence-corrected chi connectivity index (χ0v) is 6.46. The standard InChI is InChI=1S/C8H10N4/c9-5-3-6(10)8-4(7(5)11)1-2-12-8/h1-3,12H,9-11H2. The second kappa shape index (κ2) is 2.07. The molecule has 0 saturated carbocycles. The Hall–Kier alpha value is -1.84. The third-order valence-corrected chi connectivity index (χ3v) is 1.95. The lowest BCUT2D eigenvalue weighted by molar-refractivity contribution is 1.48. The summed E-state index contributed by atoms with van der Waals surface area (Å²) < 4.78 is 0. The van der Waals surface area contributed by atoms with E-state index in [1.807, 2.05) is 6.07 Å². The molecule has 0 unspecified atom stereocenters. The van der Waals surface area contributed by atoms with Gasteiger partial charge in [-0.25, -0.2) is 0 Å². The Morgan fingerprint density at radius 1 is 1.08 bits per heavy atom. The molecule has 4 nitrogen and oxygen atoms in total. The molecule has 1 heterocycles. The van der Waals surface area contributed by atoms with Crippen molar-refractivity contribution < 1.29 is 0 Å². The minimum atomic E-state index is 0.527. The molecule has 2 aromatic rings. The maximum Gasteiger partial charge on any atom is 0.0709 e. The number of H-pyrrole nitrogens is 1. The van der Waals surface area contributed by atoms with Crippen LogP contribution in [-0.4, -0.2) is 4.98 Å². The van der Waals surface area contributed by atoms with Crippen LogP contribution in [0.1, 0.15) is 0 Å². The second-order valence-corrected chi connectivity index (χ2v) is 2.74. The van der Waals surface area contributed by atoms with Gasteiger partial charge in [0.25, 0.3) is 0 Å². The fourth-order valence-corrected chi connectivity index (χ4v) is 1.31. The summed E-state index contributed by atoms with van der Waals surface area (Å²) in [5.74, 6) is 0. The summed E-state index contributed by atoms with van der Waals surface area (Å²) in [5, 5.41) is 0.882. The van der Waals surface area contributed by atoms with Crippen molar-refractivity contribution in [2.24, 2.45) is 0 Å². The normalized spacial score (nSPS) is 10.7. The fourth-order valence-electron chi connectivity index (χ4n) is 1.31. The van der Waals surface area contributed by atoms with Crippen molar-refractivity contribution in [3.63, 3.8) is 0 Å². The number of nitrogen functional groups attached to an aromatic ring is 3. The highest BCUT2D eigenvalue weighted by atomic mass is 14.8. The minimum Gasteiger partial charge on any atom is -0.397 e. The summed E-state index contributed by atoms with van der Waals surface area (Å²) >= 11 is 0. The molecule has 0 amide bonds. The molecule has 0 atom stereocenters. The first-order valence-corrected chi connectivity index (χ1v) is 3.60. The molecule has 7 N–H and O–H groups in total. The number of benzene rings is 1. The quantitative estimate of drug-likeness (QED) is 0.434. The van der Waals surface area contributed by atoms with E-state index in [1.165, 1.54) is 0 Å². The zero-order chi connectivity index (χ0) is 8.72. The highest BCUT2D eigenvalue weighted by molar-refractivity contribution is 6.03. The van der Waals surface area contributed by atoms with Gasteiger partial charge in [0.2, 0.25) is 0 Å². The van der Waals surface area contributed by atoms with Crippen LogP contribution in [0.15, 0.2) is 18.3 Å². The van der Waals surface area contributed by atoms with Gasteiger partial charge in [-0.1, -0.05) is 0 Å². The van der Waals surface area contributed by atoms with Crippen molar-refractivity contribution in [2.45, 2.75) is 0 Å². The van der Waals surface area contributed by atoms with Crippen molar-refractivity contribution in [1.82, 2.24) is 4.98 Å². The summed E-state index contributed by atoms with van der Waals surface area (Å²) in [5.41, 5.74) is 19.6. The van der Waals surface area contributed by atoms with E-state index in [9.17, 15) is 0 Å². The van der Waals surface area contributed by atoms with Crippen LogP contribution >= 0.6 is 0 Å². The summed E-state index contributed by atoms with van der Waals surface area (Å²) in [7, 11) is 0. The Balaban J connectivity index is 2.97. The minimum absolute atomic E-state index is 0.527. The molecule has 0 bridgehead atoms. The van der Waals surface area contributed by atoms with Crippen molar-refractivity contribution in [3.05, 3.63) is 18.3 Å². The topological polar surface area (TPSA) is 93.8 Å². The number of nitrogens with one attached hydrogen (secondary N) is 1. The zero-order valence-electron chi connectivity index (χ0n) is 6.46. The summed E-state index contributed by atoms with van der Waals surface area (Å²) in [6.07, 6.45) is 1.79. The molecule has 0 aliphatic carbocycles. The third kappa shape index (κ3) is 0.717. The molecule has 1 aromatic heterocycles. The maximum absolute atomic E-state index is 5.73. The number of fused-ring (bicyclic) bond motifs is 1. The average Bonchev–Trinajstić information content (AvgIpc) is 2.48. The van der Waals surface area contributed by atoms with Crippen LogP contribution in [0.4, 0.5) is 17.1 Å². The van der Waals surface area contributed by atoms with Crippen LogP contribution < -0.4 is 17.2 Å². The van der Waals surface area contributed by atoms with Gasteiger partial charge in [-0.3, -0.25) is 0 Å². The first-order valence-electron chi connectivity index (χ1n) is 3.60. The van der Waals surface area contributed by atoms with E-state index in [2.05, 4.69) is 4.98 Å². The van der Waals surface area contributed by atoms with E-state index in [0.29, 0.717) is 17.1 Å². The number of hydrogen-bond donors (Lipinski definition) is 4. The van der Waals surface area contributed by atoms with Gasteiger partial charge < -0.3 is 22.2 Å². The van der Waals surface area contributed by atoms with Gasteiger partial charge in [-0.15, -0.1) is 0 Å². The van der Waals surface area contributed by atoms with E-state index < -0.39 is 0 Å². The lowest BCUT2D eigenvalue weighted by Gasteiger charge is -2.03. The number of rotatable bonds is 0. The smallest absolute Gasteiger partial charge is 0.0709 e. The SMILES string of the molecule is Nc1cc(N)c2[nH]ccc2c1N. The van der Waals surface area contributed by atoms with E-state index in [4.69, 9.17) is 17.2 Å². The van der Waals surface area contributed by atoms with Crippen molar-refractivity contribution in [3.8, 4) is 0 Å². The predicted octanol–water partition coefficient (Wildman–Crippen LogP) is 0.915. The molecule has 0 fully saturated rings. The first kappa shape index (κ1) is 6.84. The largest absolute Gasteiger partial charge is 0.397 e. The van der Waals surface area contributed by atoms with Gasteiger partial charge in [0.15, 0.2) is 0 Å². The molecule has 62 valence electrons. The molecule has 12 heavy (non-hydrogen) atoms. The van der Waals surface area contributed by atoms with Crippen LogP contribution in [0.25, 0.3) is 10.9 Å². The average molecular weight is 162 g/mol. The Bertz CT molecular complexity index is 430. The predicted molar refractivity (Wildman–Crippen MR) is 51.5 cm³/mol. The van der Waals surface area contributed by atoms with Crippen LogP contribution in [0.2, 0.25) is 0 Å². The van der Waals surface area contributed by atoms with E-state index in [1.54, 1.807) is 12.3 Å². The van der Waals surface area contributed by atoms with Crippen molar-refractivity contribution in [2.75, 3.05) is 17.2 Å². The number of hydrogen-bond acceptors (Lipinski definition) is 3. The van der Waals surface area contributed by atoms with Gasteiger partial charge >= 0.3 is 0 Å². The number of nitrogens with two attached hydrogens (primary N) is 3. The number of aromatic amines is 1. The lowest BCUT2D eigenvalue weighted by Crippen LogP contribution is -1.97. The molecule has 2 rings (SSSR count). The third-order valence-electron chi connectivity index (χ3n) is 1.95. The van der Waals surface area contributed by atoms with Crippen LogP contribution in [0, 0.1) is 0 Å². The first-order chi connectivity index (χ1) is 5.70. The van der Waals surface area contributed by atoms with E-state index in [-0.39, 0.29) is 0 Å². The number of anilines is 3. The van der Waals surface area contributed by atoms with Crippen molar-refractivity contribution in [1.29, 1.82) is 0 Å². The Morgan fingerprint density at radius 2 is 1.83 bits per heavy atom. The van der Waals surface area contributed by atoms with E-state index >= 15 is 0 Å². The molecule has 0 aliphatic heterocycles. The molecular formula is C8H10N4. The van der Waals surface area contributed by atoms with Gasteiger partial charge in [0, 0.05) is 11.6 Å². The summed E-state index contributed by atoms with van der Waals surface area (Å²) in [6.45, 7) is 0. The Kier molecular flexibility index (Phi) is 1.18. The highest BCUT2D eigenvalue weighted by Gasteiger charge is 2.05. The molecule has 0 spiro atoms. The van der Waals surface area contributed by atoms with Crippen LogP contribution in [-0.2, 0) is 0 Å². The molecule has 1 aromatic carbocycles. The monoisotopic (exact) mass is 162 g/mol. The molecule has 0 saturated heterocycles. The molecule has 0 aliphatic rings. The maximum atomic E-state index is 5.73. The second-order valence-electron chi connectivity index (χ2n) is 2.74. The number of aromatic nitrogens is 1. The molecule has 0 radical (unpaired) electrons. The van der Waals surface area contributed by atoms with Gasteiger partial charge in [-0.05, 0) is 12.1 Å². The molecular weight excluding hydrogens is 152 g/mol.